The zero-order valence-corrected chi connectivity index (χ0v) is 11.4. The Morgan fingerprint density at radius 1 is 1.26 bits per heavy atom. The molecular formula is C14H23N3O2. The summed E-state index contributed by atoms with van der Waals surface area (Å²) in [5.41, 5.74) is 0. The van der Waals surface area contributed by atoms with Crippen LogP contribution in [0.3, 0.4) is 0 Å². The first-order valence-electron chi connectivity index (χ1n) is 7.54. The van der Waals surface area contributed by atoms with E-state index in [1.807, 2.05) is 0 Å². The van der Waals surface area contributed by atoms with E-state index >= 15 is 0 Å². The minimum atomic E-state index is 0.401. The number of ether oxygens (including phenoxy) is 1. The van der Waals surface area contributed by atoms with Crippen LogP contribution in [0.15, 0.2) is 4.52 Å². The third-order valence-corrected chi connectivity index (χ3v) is 4.08. The summed E-state index contributed by atoms with van der Waals surface area (Å²) in [6.45, 7) is 3.14. The lowest BCUT2D eigenvalue weighted by Gasteiger charge is -2.20. The highest BCUT2D eigenvalue weighted by atomic mass is 16.5. The summed E-state index contributed by atoms with van der Waals surface area (Å²) in [5, 5.41) is 7.52. The molecular weight excluding hydrogens is 242 g/mol. The van der Waals surface area contributed by atoms with E-state index in [9.17, 15) is 0 Å². The first kappa shape index (κ1) is 13.1. The molecule has 5 nitrogen and oxygen atoms in total. The highest BCUT2D eigenvalue weighted by Gasteiger charge is 2.19. The van der Waals surface area contributed by atoms with Crippen molar-refractivity contribution in [1.82, 2.24) is 15.5 Å². The molecule has 0 amide bonds. The molecule has 2 atom stereocenters. The van der Waals surface area contributed by atoms with Crippen LogP contribution in [-0.4, -0.2) is 35.9 Å². The van der Waals surface area contributed by atoms with Crippen molar-refractivity contribution in [2.45, 2.75) is 51.0 Å². The Balaban J connectivity index is 1.45. The average Bonchev–Trinajstić information content (AvgIpc) is 3.09. The summed E-state index contributed by atoms with van der Waals surface area (Å²) < 4.78 is 10.9. The van der Waals surface area contributed by atoms with E-state index in [0.29, 0.717) is 12.0 Å². The SMILES string of the molecule is C1CNCC(Cc2noc(CCC3CCCO3)n2)C1. The van der Waals surface area contributed by atoms with Gasteiger partial charge in [-0.05, 0) is 51.1 Å². The summed E-state index contributed by atoms with van der Waals surface area (Å²) in [5.74, 6) is 2.31. The topological polar surface area (TPSA) is 60.2 Å². The Hall–Kier alpha value is -0.940. The molecule has 1 aromatic rings. The molecule has 2 aliphatic rings. The van der Waals surface area contributed by atoms with E-state index in [4.69, 9.17) is 9.26 Å². The average molecular weight is 265 g/mol. The molecule has 106 valence electrons. The number of nitrogens with one attached hydrogen (secondary N) is 1. The number of nitrogens with zero attached hydrogens (tertiary/aromatic N) is 2. The first-order chi connectivity index (χ1) is 9.40. The predicted molar refractivity (Wildman–Crippen MR) is 70.9 cm³/mol. The number of aromatic nitrogens is 2. The lowest BCUT2D eigenvalue weighted by atomic mass is 9.96. The van der Waals surface area contributed by atoms with Gasteiger partial charge in [0.15, 0.2) is 5.82 Å². The van der Waals surface area contributed by atoms with Crippen molar-refractivity contribution < 1.29 is 9.26 Å². The van der Waals surface area contributed by atoms with Gasteiger partial charge >= 0.3 is 0 Å². The van der Waals surface area contributed by atoms with Gasteiger partial charge in [-0.1, -0.05) is 5.16 Å². The van der Waals surface area contributed by atoms with Crippen molar-refractivity contribution in [3.05, 3.63) is 11.7 Å². The van der Waals surface area contributed by atoms with Crippen molar-refractivity contribution in [3.63, 3.8) is 0 Å². The van der Waals surface area contributed by atoms with Gasteiger partial charge in [-0.25, -0.2) is 0 Å². The summed E-state index contributed by atoms with van der Waals surface area (Å²) >= 11 is 0. The van der Waals surface area contributed by atoms with E-state index in [1.54, 1.807) is 0 Å². The van der Waals surface area contributed by atoms with Crippen molar-refractivity contribution in [1.29, 1.82) is 0 Å². The maximum atomic E-state index is 5.60. The molecule has 3 rings (SSSR count). The molecule has 5 heteroatoms. The molecule has 19 heavy (non-hydrogen) atoms. The molecule has 2 saturated heterocycles. The van der Waals surface area contributed by atoms with Gasteiger partial charge in [0.05, 0.1) is 6.10 Å². The molecule has 1 aromatic heterocycles. The maximum absolute atomic E-state index is 5.60. The minimum absolute atomic E-state index is 0.401. The monoisotopic (exact) mass is 265 g/mol. The summed E-state index contributed by atoms with van der Waals surface area (Å²) in [4.78, 5) is 4.50. The highest BCUT2D eigenvalue weighted by molar-refractivity contribution is 4.90. The van der Waals surface area contributed by atoms with Gasteiger partial charge in [0.1, 0.15) is 0 Å². The van der Waals surface area contributed by atoms with Crippen molar-refractivity contribution in [2.75, 3.05) is 19.7 Å². The molecule has 0 aliphatic carbocycles. The fourth-order valence-electron chi connectivity index (χ4n) is 2.99. The van der Waals surface area contributed by atoms with Crippen LogP contribution in [0.1, 0.15) is 43.8 Å². The van der Waals surface area contributed by atoms with Crippen LogP contribution in [0, 0.1) is 5.92 Å². The van der Waals surface area contributed by atoms with Gasteiger partial charge in [-0.15, -0.1) is 0 Å². The molecule has 0 spiro atoms. The summed E-state index contributed by atoms with van der Waals surface area (Å²) in [7, 11) is 0. The maximum Gasteiger partial charge on any atom is 0.226 e. The zero-order chi connectivity index (χ0) is 12.9. The van der Waals surface area contributed by atoms with E-state index < -0.39 is 0 Å². The zero-order valence-electron chi connectivity index (χ0n) is 11.4. The van der Waals surface area contributed by atoms with Gasteiger partial charge in [0, 0.05) is 19.4 Å². The molecule has 2 aliphatic heterocycles. The van der Waals surface area contributed by atoms with Gasteiger partial charge < -0.3 is 14.6 Å². The summed E-state index contributed by atoms with van der Waals surface area (Å²) in [6.07, 6.45) is 8.09. The highest BCUT2D eigenvalue weighted by Crippen LogP contribution is 2.18. The molecule has 0 bridgehead atoms. The van der Waals surface area contributed by atoms with Crippen LogP contribution in [0.25, 0.3) is 0 Å². The van der Waals surface area contributed by atoms with Crippen LogP contribution in [-0.2, 0) is 17.6 Å². The van der Waals surface area contributed by atoms with Gasteiger partial charge in [0.2, 0.25) is 5.89 Å². The third kappa shape index (κ3) is 3.76. The van der Waals surface area contributed by atoms with E-state index in [1.165, 1.54) is 25.7 Å². The number of hydrogen-bond donors (Lipinski definition) is 1. The van der Waals surface area contributed by atoms with Crippen LogP contribution < -0.4 is 5.32 Å². The fourth-order valence-corrected chi connectivity index (χ4v) is 2.99. The van der Waals surface area contributed by atoms with Gasteiger partial charge in [0.25, 0.3) is 0 Å². The molecule has 2 unspecified atom stereocenters. The van der Waals surface area contributed by atoms with Crippen molar-refractivity contribution in [3.8, 4) is 0 Å². The predicted octanol–water partition coefficient (Wildman–Crippen LogP) is 1.72. The second-order valence-corrected chi connectivity index (χ2v) is 5.69. The second-order valence-electron chi connectivity index (χ2n) is 5.69. The van der Waals surface area contributed by atoms with Crippen LogP contribution in [0.4, 0.5) is 0 Å². The smallest absolute Gasteiger partial charge is 0.226 e. The number of piperidine rings is 1. The standard InChI is InChI=1S/C14H23N3O2/c1-3-11(10-15-7-1)9-13-16-14(19-17-13)6-5-12-4-2-8-18-12/h11-12,15H,1-10H2. The van der Waals surface area contributed by atoms with E-state index in [2.05, 4.69) is 15.5 Å². The van der Waals surface area contributed by atoms with Gasteiger partial charge in [-0.3, -0.25) is 0 Å². The van der Waals surface area contributed by atoms with Crippen LogP contribution in [0.2, 0.25) is 0 Å². The third-order valence-electron chi connectivity index (χ3n) is 4.08. The van der Waals surface area contributed by atoms with Crippen LogP contribution in [0.5, 0.6) is 0 Å². The Kier molecular flexibility index (Phi) is 4.45. The Morgan fingerprint density at radius 3 is 3.05 bits per heavy atom. The number of rotatable bonds is 5. The normalized spacial score (nSPS) is 27.8. The lowest BCUT2D eigenvalue weighted by Crippen LogP contribution is -2.31. The molecule has 1 N–H and O–H groups in total. The molecule has 3 heterocycles. The van der Waals surface area contributed by atoms with E-state index in [-0.39, 0.29) is 0 Å². The lowest BCUT2D eigenvalue weighted by molar-refractivity contribution is 0.102. The second kappa shape index (κ2) is 6.48. The molecule has 0 saturated carbocycles. The van der Waals surface area contributed by atoms with Crippen LogP contribution >= 0.6 is 0 Å². The van der Waals surface area contributed by atoms with Crippen molar-refractivity contribution in [2.24, 2.45) is 5.92 Å². The quantitative estimate of drug-likeness (QED) is 0.878. The number of aryl methyl sites for hydroxylation is 1. The minimum Gasteiger partial charge on any atom is -0.378 e. The van der Waals surface area contributed by atoms with Crippen molar-refractivity contribution >= 4 is 0 Å². The van der Waals surface area contributed by atoms with E-state index in [0.717, 1.165) is 50.7 Å². The molecule has 0 aromatic carbocycles. The molecule has 0 radical (unpaired) electrons. The number of hydrogen-bond acceptors (Lipinski definition) is 5. The Bertz CT molecular complexity index is 382. The van der Waals surface area contributed by atoms with Gasteiger partial charge in [-0.2, -0.15) is 4.98 Å². The fraction of sp³-hybridized carbons (Fsp3) is 0.857. The largest absolute Gasteiger partial charge is 0.378 e. The summed E-state index contributed by atoms with van der Waals surface area (Å²) in [6, 6.07) is 0. The first-order valence-corrected chi connectivity index (χ1v) is 7.54. The Labute approximate surface area is 114 Å². The molecule has 2 fully saturated rings. The Morgan fingerprint density at radius 2 is 2.26 bits per heavy atom.